The first kappa shape index (κ1) is 17.7. The molecule has 0 unspecified atom stereocenters. The molecule has 2 heteroatoms. The predicted octanol–water partition coefficient (Wildman–Crippen LogP) is 4.19. The van der Waals surface area contributed by atoms with Gasteiger partial charge < -0.3 is 5.11 Å². The second-order valence-electron chi connectivity index (χ2n) is 7.05. The Morgan fingerprint density at radius 2 is 1.40 bits per heavy atom. The van der Waals surface area contributed by atoms with Crippen molar-refractivity contribution in [2.24, 2.45) is 0 Å². The van der Waals surface area contributed by atoms with Crippen molar-refractivity contribution in [3.05, 3.63) is 71.8 Å². The number of aliphatic hydroxyl groups is 1. The molecular formula is C23H27NO. The van der Waals surface area contributed by atoms with Gasteiger partial charge in [-0.2, -0.15) is 0 Å². The molecule has 0 spiro atoms. The van der Waals surface area contributed by atoms with E-state index in [0.717, 1.165) is 11.1 Å². The summed E-state index contributed by atoms with van der Waals surface area (Å²) in [7, 11) is 0. The van der Waals surface area contributed by atoms with Crippen molar-refractivity contribution < 1.29 is 5.11 Å². The van der Waals surface area contributed by atoms with Gasteiger partial charge in [-0.25, -0.2) is 0 Å². The van der Waals surface area contributed by atoms with Crippen molar-refractivity contribution in [1.82, 2.24) is 4.90 Å². The minimum absolute atomic E-state index is 0.555. The van der Waals surface area contributed by atoms with E-state index in [1.165, 1.54) is 19.3 Å². The minimum atomic E-state index is -1.27. The Balaban J connectivity index is 1.90. The first-order valence-corrected chi connectivity index (χ1v) is 9.20. The number of rotatable bonds is 3. The molecule has 2 atom stereocenters. The van der Waals surface area contributed by atoms with E-state index in [1.807, 2.05) is 60.7 Å². The second kappa shape index (κ2) is 7.87. The van der Waals surface area contributed by atoms with E-state index in [1.54, 1.807) is 0 Å². The van der Waals surface area contributed by atoms with Crippen LogP contribution in [0.5, 0.6) is 0 Å². The van der Waals surface area contributed by atoms with Gasteiger partial charge in [-0.1, -0.05) is 78.9 Å². The van der Waals surface area contributed by atoms with Gasteiger partial charge >= 0.3 is 0 Å². The molecule has 1 heterocycles. The van der Waals surface area contributed by atoms with Crippen LogP contribution in [0.3, 0.4) is 0 Å². The van der Waals surface area contributed by atoms with Crippen molar-refractivity contribution in [3.63, 3.8) is 0 Å². The SMILES string of the molecule is C[C@H]1CCC[C@H](C)N1CC#CC(O)(c1ccccc1)c1ccccc1. The molecule has 0 bridgehead atoms. The minimum Gasteiger partial charge on any atom is -0.369 e. The fourth-order valence-electron chi connectivity index (χ4n) is 3.71. The highest BCUT2D eigenvalue weighted by Crippen LogP contribution is 2.29. The molecule has 130 valence electrons. The normalized spacial score (nSPS) is 21.4. The molecule has 1 fully saturated rings. The molecule has 2 aromatic rings. The molecule has 1 saturated heterocycles. The lowest BCUT2D eigenvalue weighted by Crippen LogP contribution is -2.43. The Kier molecular flexibility index (Phi) is 5.58. The molecule has 3 rings (SSSR count). The predicted molar refractivity (Wildman–Crippen MR) is 103 cm³/mol. The van der Waals surface area contributed by atoms with E-state index in [2.05, 4.69) is 30.6 Å². The highest BCUT2D eigenvalue weighted by atomic mass is 16.3. The highest BCUT2D eigenvalue weighted by Gasteiger charge is 2.29. The van der Waals surface area contributed by atoms with Crippen molar-refractivity contribution >= 4 is 0 Å². The number of likely N-dealkylation sites (tertiary alicyclic amines) is 1. The largest absolute Gasteiger partial charge is 0.369 e. The summed E-state index contributed by atoms with van der Waals surface area (Å²) >= 11 is 0. The van der Waals surface area contributed by atoms with Crippen molar-refractivity contribution in [2.45, 2.75) is 50.8 Å². The van der Waals surface area contributed by atoms with Crippen LogP contribution in [0, 0.1) is 11.8 Å². The van der Waals surface area contributed by atoms with E-state index in [-0.39, 0.29) is 0 Å². The summed E-state index contributed by atoms with van der Waals surface area (Å²) in [5.74, 6) is 6.46. The topological polar surface area (TPSA) is 23.5 Å². The smallest absolute Gasteiger partial charge is 0.176 e. The number of nitrogens with zero attached hydrogens (tertiary/aromatic N) is 1. The zero-order chi connectivity index (χ0) is 17.7. The van der Waals surface area contributed by atoms with Gasteiger partial charge in [0, 0.05) is 23.2 Å². The zero-order valence-corrected chi connectivity index (χ0v) is 15.2. The monoisotopic (exact) mass is 333 g/mol. The standard InChI is InChI=1S/C23H27NO/c1-19-11-9-12-20(2)24(19)18-10-17-23(25,21-13-5-3-6-14-21)22-15-7-4-8-16-22/h3-8,13-16,19-20,25H,9,11-12,18H2,1-2H3/t19-,20-/m0/s1. The fraction of sp³-hybridized carbons (Fsp3) is 0.391. The maximum Gasteiger partial charge on any atom is 0.176 e. The number of hydrogen-bond acceptors (Lipinski definition) is 2. The molecule has 25 heavy (non-hydrogen) atoms. The van der Waals surface area contributed by atoms with E-state index in [9.17, 15) is 5.11 Å². The van der Waals surface area contributed by atoms with Gasteiger partial charge in [-0.05, 0) is 26.7 Å². The molecular weight excluding hydrogens is 306 g/mol. The lowest BCUT2D eigenvalue weighted by molar-refractivity contribution is 0.120. The number of benzene rings is 2. The Morgan fingerprint density at radius 1 is 0.920 bits per heavy atom. The van der Waals surface area contributed by atoms with E-state index in [0.29, 0.717) is 18.6 Å². The van der Waals surface area contributed by atoms with Crippen molar-refractivity contribution in [2.75, 3.05) is 6.54 Å². The fourth-order valence-corrected chi connectivity index (χ4v) is 3.71. The molecule has 2 aromatic carbocycles. The summed E-state index contributed by atoms with van der Waals surface area (Å²) in [4.78, 5) is 2.45. The Bertz CT molecular complexity index is 679. The van der Waals surface area contributed by atoms with Crippen LogP contribution in [-0.4, -0.2) is 28.6 Å². The summed E-state index contributed by atoms with van der Waals surface area (Å²) in [6.07, 6.45) is 3.76. The Labute approximate surface area is 151 Å². The number of piperidine rings is 1. The molecule has 1 N–H and O–H groups in total. The Morgan fingerprint density at radius 3 is 1.88 bits per heavy atom. The molecule has 0 aromatic heterocycles. The molecule has 0 aliphatic carbocycles. The van der Waals surface area contributed by atoms with E-state index < -0.39 is 5.60 Å². The first-order chi connectivity index (χ1) is 12.1. The van der Waals surface area contributed by atoms with Gasteiger partial charge in [0.2, 0.25) is 0 Å². The summed E-state index contributed by atoms with van der Waals surface area (Å²) in [5.41, 5.74) is 0.354. The molecule has 1 aliphatic rings. The Hall–Kier alpha value is -2.08. The molecule has 0 saturated carbocycles. The maximum atomic E-state index is 11.4. The summed E-state index contributed by atoms with van der Waals surface area (Å²) in [6, 6.07) is 20.6. The summed E-state index contributed by atoms with van der Waals surface area (Å²) < 4.78 is 0. The molecule has 2 nitrogen and oxygen atoms in total. The van der Waals surface area contributed by atoms with Crippen LogP contribution >= 0.6 is 0 Å². The summed E-state index contributed by atoms with van der Waals surface area (Å²) in [5, 5.41) is 11.4. The third-order valence-corrected chi connectivity index (χ3v) is 5.29. The zero-order valence-electron chi connectivity index (χ0n) is 15.2. The lowest BCUT2D eigenvalue weighted by Gasteiger charge is -2.37. The van der Waals surface area contributed by atoms with Gasteiger partial charge in [0.15, 0.2) is 5.60 Å². The van der Waals surface area contributed by atoms with Crippen LogP contribution in [0.2, 0.25) is 0 Å². The van der Waals surface area contributed by atoms with E-state index in [4.69, 9.17) is 0 Å². The van der Waals surface area contributed by atoms with Crippen LogP contribution < -0.4 is 0 Å². The van der Waals surface area contributed by atoms with Gasteiger partial charge in [-0.3, -0.25) is 4.90 Å². The second-order valence-corrected chi connectivity index (χ2v) is 7.05. The van der Waals surface area contributed by atoms with Crippen LogP contribution in [0.1, 0.15) is 44.2 Å². The van der Waals surface area contributed by atoms with E-state index >= 15 is 0 Å². The summed E-state index contributed by atoms with van der Waals surface area (Å²) in [6.45, 7) is 5.25. The van der Waals surface area contributed by atoms with Crippen LogP contribution in [0.4, 0.5) is 0 Å². The van der Waals surface area contributed by atoms with Crippen LogP contribution in [0.15, 0.2) is 60.7 Å². The maximum absolute atomic E-state index is 11.4. The van der Waals surface area contributed by atoms with Gasteiger partial charge in [0.25, 0.3) is 0 Å². The lowest BCUT2D eigenvalue weighted by atomic mass is 9.87. The molecule has 1 aliphatic heterocycles. The average molecular weight is 333 g/mol. The van der Waals surface area contributed by atoms with Crippen LogP contribution in [-0.2, 0) is 5.60 Å². The number of hydrogen-bond donors (Lipinski definition) is 1. The highest BCUT2D eigenvalue weighted by molar-refractivity contribution is 5.44. The van der Waals surface area contributed by atoms with Crippen molar-refractivity contribution in [1.29, 1.82) is 0 Å². The molecule has 0 radical (unpaired) electrons. The van der Waals surface area contributed by atoms with Gasteiger partial charge in [-0.15, -0.1) is 0 Å². The van der Waals surface area contributed by atoms with Gasteiger partial charge in [0.1, 0.15) is 0 Å². The quantitative estimate of drug-likeness (QED) is 0.852. The third-order valence-electron chi connectivity index (χ3n) is 5.29. The van der Waals surface area contributed by atoms with Crippen LogP contribution in [0.25, 0.3) is 0 Å². The average Bonchev–Trinajstić information content (AvgIpc) is 2.65. The van der Waals surface area contributed by atoms with Gasteiger partial charge in [0.05, 0.1) is 6.54 Å². The van der Waals surface area contributed by atoms with Crippen molar-refractivity contribution in [3.8, 4) is 11.8 Å². The molecule has 0 amide bonds. The third kappa shape index (κ3) is 3.95. The first-order valence-electron chi connectivity index (χ1n) is 9.20.